The van der Waals surface area contributed by atoms with Crippen molar-refractivity contribution < 1.29 is 47.1 Å². The molecule has 1 aliphatic carbocycles. The lowest BCUT2D eigenvalue weighted by atomic mass is 9.92. The third kappa shape index (κ3) is 5.32. The fourth-order valence-corrected chi connectivity index (χ4v) is 4.32. The molecule has 0 bridgehead atoms. The Balaban J connectivity index is 1.85. The molecule has 0 aromatic heterocycles. The maximum atomic E-state index is 11.1. The molecule has 164 valence electrons. The summed E-state index contributed by atoms with van der Waals surface area (Å²) in [5.41, 5.74) is 0.382. The predicted molar refractivity (Wildman–Crippen MR) is 95.9 cm³/mol. The molecule has 11 heteroatoms. The molecule has 10 nitrogen and oxygen atoms in total. The zero-order valence-corrected chi connectivity index (χ0v) is 16.5. The van der Waals surface area contributed by atoms with E-state index in [1.807, 2.05) is 6.92 Å². The minimum Gasteiger partial charge on any atom is -0.726 e. The standard InChI is InChI=1S/C18H26O10S/c1-9-7-11(19)12(8-9)26-18-17(28-29(23,24)25)15(22)14(21)16(27-18)13(20)10-5-3-2-4-6-10/h2-6,9,11-22H,7-8H2,1H3,(H,23,24,25)/p-1. The largest absolute Gasteiger partial charge is 0.726 e. The first-order valence-corrected chi connectivity index (χ1v) is 10.6. The van der Waals surface area contributed by atoms with Gasteiger partial charge in [-0.05, 0) is 24.3 Å². The zero-order valence-electron chi connectivity index (χ0n) is 15.6. The van der Waals surface area contributed by atoms with Crippen molar-refractivity contribution in [1.29, 1.82) is 0 Å². The summed E-state index contributed by atoms with van der Waals surface area (Å²) in [6.45, 7) is 1.89. The Labute approximate surface area is 168 Å². The van der Waals surface area contributed by atoms with Gasteiger partial charge in [0.05, 0.1) is 12.2 Å². The van der Waals surface area contributed by atoms with E-state index in [1.165, 1.54) is 0 Å². The first-order chi connectivity index (χ1) is 13.6. The summed E-state index contributed by atoms with van der Waals surface area (Å²) in [7, 11) is -5.27. The van der Waals surface area contributed by atoms with Gasteiger partial charge in [-0.3, -0.25) is 4.18 Å². The van der Waals surface area contributed by atoms with E-state index in [4.69, 9.17) is 9.47 Å². The average Bonchev–Trinajstić information content (AvgIpc) is 2.97. The summed E-state index contributed by atoms with van der Waals surface area (Å²) in [6, 6.07) is 8.20. The highest BCUT2D eigenvalue weighted by molar-refractivity contribution is 7.80. The fraction of sp³-hybridized carbons (Fsp3) is 0.667. The number of rotatable bonds is 6. The molecular weight excluding hydrogens is 408 g/mol. The van der Waals surface area contributed by atoms with Gasteiger partial charge in [0.25, 0.3) is 0 Å². The van der Waals surface area contributed by atoms with Crippen LogP contribution in [0.25, 0.3) is 0 Å². The second kappa shape index (κ2) is 8.92. The molecule has 1 saturated carbocycles. The topological polar surface area (TPSA) is 166 Å². The van der Waals surface area contributed by atoms with E-state index in [2.05, 4.69) is 4.18 Å². The molecule has 1 aromatic carbocycles. The molecule has 1 saturated heterocycles. The van der Waals surface area contributed by atoms with Gasteiger partial charge in [-0.25, -0.2) is 8.42 Å². The maximum absolute atomic E-state index is 11.1. The highest BCUT2D eigenvalue weighted by Gasteiger charge is 2.51. The molecule has 9 unspecified atom stereocenters. The summed E-state index contributed by atoms with van der Waals surface area (Å²) in [6.07, 6.45) is -10.7. The zero-order chi connectivity index (χ0) is 21.3. The first kappa shape index (κ1) is 22.5. The Morgan fingerprint density at radius 1 is 1.14 bits per heavy atom. The number of hydrogen-bond donors (Lipinski definition) is 4. The number of ether oxygens (including phenoxy) is 2. The molecule has 1 aromatic rings. The predicted octanol–water partition coefficient (Wildman–Crippen LogP) is -0.812. The summed E-state index contributed by atoms with van der Waals surface area (Å²) in [4.78, 5) is 0. The van der Waals surface area contributed by atoms with E-state index < -0.39 is 59.4 Å². The van der Waals surface area contributed by atoms with E-state index in [0.29, 0.717) is 18.4 Å². The molecule has 3 rings (SSSR count). The van der Waals surface area contributed by atoms with Crippen LogP contribution in [0.5, 0.6) is 0 Å². The van der Waals surface area contributed by atoms with Crippen LogP contribution < -0.4 is 0 Å². The van der Waals surface area contributed by atoms with Crippen LogP contribution in [0.2, 0.25) is 0 Å². The Hall–Kier alpha value is -1.15. The molecule has 2 aliphatic rings. The van der Waals surface area contributed by atoms with Crippen molar-refractivity contribution >= 4 is 10.4 Å². The quantitative estimate of drug-likeness (QED) is 0.329. The van der Waals surface area contributed by atoms with Crippen LogP contribution in [0.15, 0.2) is 30.3 Å². The molecule has 2 fully saturated rings. The van der Waals surface area contributed by atoms with Crippen LogP contribution in [-0.4, -0.2) is 76.3 Å². The van der Waals surface area contributed by atoms with Crippen LogP contribution >= 0.6 is 0 Å². The molecule has 1 heterocycles. The van der Waals surface area contributed by atoms with Crippen molar-refractivity contribution in [3.63, 3.8) is 0 Å². The minimum atomic E-state index is -5.27. The van der Waals surface area contributed by atoms with Crippen LogP contribution in [0, 0.1) is 5.92 Å². The third-order valence-corrected chi connectivity index (χ3v) is 5.74. The lowest BCUT2D eigenvalue weighted by Crippen LogP contribution is -2.61. The average molecular weight is 433 g/mol. The van der Waals surface area contributed by atoms with Crippen molar-refractivity contribution in [3.8, 4) is 0 Å². The molecule has 0 spiro atoms. The Kier molecular flexibility index (Phi) is 6.93. The lowest BCUT2D eigenvalue weighted by Gasteiger charge is -2.44. The van der Waals surface area contributed by atoms with Crippen molar-refractivity contribution in [2.45, 2.75) is 68.8 Å². The van der Waals surface area contributed by atoms with Gasteiger partial charge in [-0.2, -0.15) is 0 Å². The van der Waals surface area contributed by atoms with Crippen LogP contribution in [0.4, 0.5) is 0 Å². The summed E-state index contributed by atoms with van der Waals surface area (Å²) in [5, 5.41) is 41.5. The highest BCUT2D eigenvalue weighted by Crippen LogP contribution is 2.35. The second-order valence-electron chi connectivity index (χ2n) is 7.59. The van der Waals surface area contributed by atoms with Gasteiger partial charge < -0.3 is 34.5 Å². The van der Waals surface area contributed by atoms with E-state index in [9.17, 15) is 33.4 Å². The maximum Gasteiger partial charge on any atom is 0.218 e. The van der Waals surface area contributed by atoms with Crippen LogP contribution in [-0.2, 0) is 24.1 Å². The molecule has 0 radical (unpaired) electrons. The SMILES string of the molecule is CC1CC(O)C(OC2OC(C(O)c3ccccc3)C(O)C(O)C2OS(=O)(=O)[O-])C1. The smallest absolute Gasteiger partial charge is 0.218 e. The van der Waals surface area contributed by atoms with Gasteiger partial charge in [0, 0.05) is 0 Å². The first-order valence-electron chi connectivity index (χ1n) is 9.29. The van der Waals surface area contributed by atoms with Crippen LogP contribution in [0.1, 0.15) is 31.4 Å². The van der Waals surface area contributed by atoms with Crippen molar-refractivity contribution in [2.75, 3.05) is 0 Å². The van der Waals surface area contributed by atoms with Gasteiger partial charge in [-0.15, -0.1) is 0 Å². The van der Waals surface area contributed by atoms with Crippen molar-refractivity contribution in [3.05, 3.63) is 35.9 Å². The monoisotopic (exact) mass is 433 g/mol. The molecule has 1 aliphatic heterocycles. The normalized spacial score (nSPS) is 39.4. The van der Waals surface area contributed by atoms with E-state index in [-0.39, 0.29) is 5.92 Å². The lowest BCUT2D eigenvalue weighted by molar-refractivity contribution is -0.319. The van der Waals surface area contributed by atoms with Crippen molar-refractivity contribution in [2.24, 2.45) is 5.92 Å². The number of benzene rings is 1. The number of hydrogen-bond acceptors (Lipinski definition) is 10. The highest BCUT2D eigenvalue weighted by atomic mass is 32.3. The molecule has 29 heavy (non-hydrogen) atoms. The van der Waals surface area contributed by atoms with E-state index in [1.54, 1.807) is 30.3 Å². The van der Waals surface area contributed by atoms with Gasteiger partial charge in [0.2, 0.25) is 10.4 Å². The van der Waals surface area contributed by atoms with Gasteiger partial charge in [0.15, 0.2) is 12.4 Å². The third-order valence-electron chi connectivity index (χ3n) is 5.28. The molecule has 0 amide bonds. The number of aliphatic hydroxyl groups excluding tert-OH is 4. The summed E-state index contributed by atoms with van der Waals surface area (Å²) in [5.74, 6) is 0.127. The fourth-order valence-electron chi connectivity index (χ4n) is 3.84. The molecular formula is C18H25O10S-. The second-order valence-corrected chi connectivity index (χ2v) is 8.60. The molecule has 9 atom stereocenters. The van der Waals surface area contributed by atoms with Crippen molar-refractivity contribution in [1.82, 2.24) is 0 Å². The Bertz CT molecular complexity index is 772. The summed E-state index contributed by atoms with van der Waals surface area (Å²) >= 11 is 0. The van der Waals surface area contributed by atoms with Gasteiger partial charge in [-0.1, -0.05) is 37.3 Å². The Morgan fingerprint density at radius 3 is 2.34 bits per heavy atom. The van der Waals surface area contributed by atoms with Gasteiger partial charge >= 0.3 is 0 Å². The molecule has 4 N–H and O–H groups in total. The van der Waals surface area contributed by atoms with E-state index in [0.717, 1.165) is 0 Å². The van der Waals surface area contributed by atoms with E-state index >= 15 is 0 Å². The number of aliphatic hydroxyl groups is 4. The van der Waals surface area contributed by atoms with Crippen LogP contribution in [0.3, 0.4) is 0 Å². The summed E-state index contributed by atoms with van der Waals surface area (Å²) < 4.78 is 48.9. The minimum absolute atomic E-state index is 0.127. The Morgan fingerprint density at radius 2 is 1.79 bits per heavy atom. The van der Waals surface area contributed by atoms with Gasteiger partial charge in [0.1, 0.15) is 24.4 Å².